The zero-order valence-electron chi connectivity index (χ0n) is 16.7. The number of nitrogens with one attached hydrogen (secondary N) is 1. The Morgan fingerprint density at radius 3 is 2.40 bits per heavy atom. The van der Waals surface area contributed by atoms with Gasteiger partial charge in [0.25, 0.3) is 5.91 Å². The lowest BCUT2D eigenvalue weighted by Gasteiger charge is -2.17. The molecule has 0 radical (unpaired) electrons. The average Bonchev–Trinajstić information content (AvgIpc) is 3.33. The van der Waals surface area contributed by atoms with Crippen molar-refractivity contribution < 1.29 is 27.9 Å². The molecule has 7 nitrogen and oxygen atoms in total. The molecule has 0 saturated heterocycles. The van der Waals surface area contributed by atoms with Crippen LogP contribution in [-0.2, 0) is 19.8 Å². The van der Waals surface area contributed by atoms with Gasteiger partial charge in [0, 0.05) is 16.5 Å². The van der Waals surface area contributed by atoms with Crippen molar-refractivity contribution in [1.82, 2.24) is 0 Å². The first-order valence-electron chi connectivity index (χ1n) is 9.61. The van der Waals surface area contributed by atoms with E-state index in [1.165, 1.54) is 11.3 Å². The molecule has 0 bridgehead atoms. The largest absolute Gasteiger partial charge is 0.454 e. The Morgan fingerprint density at radius 2 is 1.73 bits per heavy atom. The number of carbonyl (C=O) groups is 1. The number of rotatable bonds is 8. The highest BCUT2D eigenvalue weighted by molar-refractivity contribution is 7.53. The van der Waals surface area contributed by atoms with E-state index in [2.05, 4.69) is 5.32 Å². The van der Waals surface area contributed by atoms with Gasteiger partial charge in [-0.05, 0) is 49.1 Å². The minimum Gasteiger partial charge on any atom is -0.454 e. The van der Waals surface area contributed by atoms with Crippen molar-refractivity contribution in [3.05, 3.63) is 52.9 Å². The maximum absolute atomic E-state index is 12.7. The molecule has 1 aromatic heterocycles. The predicted octanol–water partition coefficient (Wildman–Crippen LogP) is 5.65. The summed E-state index contributed by atoms with van der Waals surface area (Å²) in [6, 6.07) is 12.8. The van der Waals surface area contributed by atoms with Crippen molar-refractivity contribution in [2.24, 2.45) is 0 Å². The molecule has 0 saturated carbocycles. The normalized spacial score (nSPS) is 13.0. The van der Waals surface area contributed by atoms with Gasteiger partial charge >= 0.3 is 7.60 Å². The smallest absolute Gasteiger partial charge is 0.335 e. The molecule has 1 aliphatic rings. The molecule has 2 aromatic carbocycles. The van der Waals surface area contributed by atoms with Gasteiger partial charge in [-0.3, -0.25) is 9.36 Å². The standard InChI is InChI=1S/C21H22NO6PS/c1-3-27-29(24,28-4-2)12-14-5-7-16(8-6-14)22-21(23)20-10-15-9-17-18(26-13-25-17)11-19(15)30-20/h5-11H,3-4,12-13H2,1-2H3,(H,22,23). The van der Waals surface area contributed by atoms with Gasteiger partial charge in [-0.2, -0.15) is 0 Å². The second-order valence-corrected chi connectivity index (χ2v) is 9.75. The number of ether oxygens (including phenoxy) is 2. The summed E-state index contributed by atoms with van der Waals surface area (Å²) in [6.07, 6.45) is 0.189. The van der Waals surface area contributed by atoms with Gasteiger partial charge in [0.15, 0.2) is 11.5 Å². The second kappa shape index (κ2) is 8.78. The lowest BCUT2D eigenvalue weighted by atomic mass is 10.2. The Balaban J connectivity index is 1.45. The number of anilines is 1. The first-order valence-corrected chi connectivity index (χ1v) is 12.2. The van der Waals surface area contributed by atoms with E-state index in [-0.39, 0.29) is 18.9 Å². The Morgan fingerprint density at radius 1 is 1.07 bits per heavy atom. The lowest BCUT2D eigenvalue weighted by Crippen LogP contribution is -2.10. The van der Waals surface area contributed by atoms with E-state index in [0.29, 0.717) is 35.3 Å². The van der Waals surface area contributed by atoms with Gasteiger partial charge in [-0.15, -0.1) is 11.3 Å². The molecule has 1 amide bonds. The minimum atomic E-state index is -3.16. The summed E-state index contributed by atoms with van der Waals surface area (Å²) in [5.41, 5.74) is 1.47. The number of thiophene rings is 1. The Labute approximate surface area is 178 Å². The molecule has 3 aromatic rings. The van der Waals surface area contributed by atoms with E-state index in [1.54, 1.807) is 26.0 Å². The molecule has 1 aliphatic heterocycles. The Kier molecular flexibility index (Phi) is 6.11. The van der Waals surface area contributed by atoms with Gasteiger partial charge in [-0.1, -0.05) is 12.1 Å². The number of carbonyl (C=O) groups excluding carboxylic acids is 1. The van der Waals surface area contributed by atoms with Crippen molar-refractivity contribution in [2.75, 3.05) is 25.3 Å². The van der Waals surface area contributed by atoms with Crippen LogP contribution in [0, 0.1) is 0 Å². The number of hydrogen-bond acceptors (Lipinski definition) is 7. The average molecular weight is 447 g/mol. The topological polar surface area (TPSA) is 83.1 Å². The second-order valence-electron chi connectivity index (χ2n) is 6.61. The number of fused-ring (bicyclic) bond motifs is 2. The molecule has 30 heavy (non-hydrogen) atoms. The maximum atomic E-state index is 12.7. The molecule has 158 valence electrons. The van der Waals surface area contributed by atoms with Crippen molar-refractivity contribution in [1.29, 1.82) is 0 Å². The van der Waals surface area contributed by atoms with Crippen LogP contribution >= 0.6 is 18.9 Å². The van der Waals surface area contributed by atoms with Crippen LogP contribution in [0.2, 0.25) is 0 Å². The fourth-order valence-corrected chi connectivity index (χ4v) is 5.84. The van der Waals surface area contributed by atoms with E-state index >= 15 is 0 Å². The van der Waals surface area contributed by atoms with Crippen LogP contribution in [0.4, 0.5) is 5.69 Å². The van der Waals surface area contributed by atoms with E-state index in [9.17, 15) is 9.36 Å². The summed E-state index contributed by atoms with van der Waals surface area (Å²) in [5, 5.41) is 3.83. The van der Waals surface area contributed by atoms with Gasteiger partial charge in [0.1, 0.15) is 0 Å². The summed E-state index contributed by atoms with van der Waals surface area (Å²) in [5.74, 6) is 1.20. The van der Waals surface area contributed by atoms with Gasteiger partial charge in [-0.25, -0.2) is 0 Å². The lowest BCUT2D eigenvalue weighted by molar-refractivity contribution is 0.103. The highest BCUT2D eigenvalue weighted by Crippen LogP contribution is 2.51. The van der Waals surface area contributed by atoms with Gasteiger partial charge in [0.2, 0.25) is 6.79 Å². The summed E-state index contributed by atoms with van der Waals surface area (Å²) in [7, 11) is -3.16. The molecule has 0 aliphatic carbocycles. The van der Waals surface area contributed by atoms with E-state index in [4.69, 9.17) is 18.5 Å². The fraction of sp³-hybridized carbons (Fsp3) is 0.286. The van der Waals surface area contributed by atoms with Crippen LogP contribution in [0.3, 0.4) is 0 Å². The zero-order valence-corrected chi connectivity index (χ0v) is 18.4. The van der Waals surface area contributed by atoms with Crippen molar-refractivity contribution in [3.63, 3.8) is 0 Å². The Bertz CT molecular complexity index is 1060. The third-order valence-corrected chi connectivity index (χ3v) is 7.63. The fourth-order valence-electron chi connectivity index (χ4n) is 3.17. The Hall–Kier alpha value is -2.38. The molecular weight excluding hydrogens is 425 g/mol. The molecular formula is C21H22NO6PS. The van der Waals surface area contributed by atoms with Crippen molar-refractivity contribution >= 4 is 40.6 Å². The maximum Gasteiger partial charge on any atom is 0.335 e. The molecule has 9 heteroatoms. The zero-order chi connectivity index (χ0) is 21.1. The van der Waals surface area contributed by atoms with Crippen LogP contribution in [0.25, 0.3) is 10.1 Å². The van der Waals surface area contributed by atoms with Crippen molar-refractivity contribution in [2.45, 2.75) is 20.0 Å². The first-order chi connectivity index (χ1) is 14.5. The molecule has 4 rings (SSSR count). The highest BCUT2D eigenvalue weighted by atomic mass is 32.1. The summed E-state index contributed by atoms with van der Waals surface area (Å²) in [4.78, 5) is 13.3. The third kappa shape index (κ3) is 4.52. The third-order valence-electron chi connectivity index (χ3n) is 4.47. The van der Waals surface area contributed by atoms with Gasteiger partial charge < -0.3 is 23.8 Å². The summed E-state index contributed by atoms with van der Waals surface area (Å²) >= 11 is 1.40. The van der Waals surface area contributed by atoms with E-state index in [1.807, 2.05) is 30.3 Å². The molecule has 2 heterocycles. The number of benzene rings is 2. The van der Waals surface area contributed by atoms with Crippen LogP contribution in [0.5, 0.6) is 11.5 Å². The van der Waals surface area contributed by atoms with Crippen LogP contribution in [0.15, 0.2) is 42.5 Å². The number of amides is 1. The van der Waals surface area contributed by atoms with Crippen LogP contribution in [0.1, 0.15) is 29.1 Å². The summed E-state index contributed by atoms with van der Waals surface area (Å²) < 4.78 is 35.1. The van der Waals surface area contributed by atoms with Gasteiger partial charge in [0.05, 0.1) is 24.3 Å². The molecule has 0 atom stereocenters. The van der Waals surface area contributed by atoms with Crippen LogP contribution in [-0.4, -0.2) is 25.9 Å². The molecule has 0 fully saturated rings. The van der Waals surface area contributed by atoms with Crippen molar-refractivity contribution in [3.8, 4) is 11.5 Å². The monoisotopic (exact) mass is 447 g/mol. The predicted molar refractivity (Wildman–Crippen MR) is 117 cm³/mol. The quantitative estimate of drug-likeness (QED) is 0.450. The first kappa shape index (κ1) is 20.9. The highest BCUT2D eigenvalue weighted by Gasteiger charge is 2.24. The van der Waals surface area contributed by atoms with E-state index in [0.717, 1.165) is 15.6 Å². The molecule has 1 N–H and O–H groups in total. The van der Waals surface area contributed by atoms with E-state index < -0.39 is 7.60 Å². The molecule has 0 unspecified atom stereocenters. The number of hydrogen-bond donors (Lipinski definition) is 1. The minimum absolute atomic E-state index is 0.189. The van der Waals surface area contributed by atoms with Crippen LogP contribution < -0.4 is 14.8 Å². The summed E-state index contributed by atoms with van der Waals surface area (Å²) in [6.45, 7) is 4.43. The SMILES string of the molecule is CCOP(=O)(Cc1ccc(NC(=O)c2cc3cc4c(cc3s2)OCO4)cc1)OCC. The molecule has 0 spiro atoms.